The first-order chi connectivity index (χ1) is 12.9. The van der Waals surface area contributed by atoms with Crippen molar-refractivity contribution in [1.29, 1.82) is 0 Å². The van der Waals surface area contributed by atoms with Gasteiger partial charge >= 0.3 is 5.97 Å². The molecule has 1 unspecified atom stereocenters. The van der Waals surface area contributed by atoms with E-state index in [0.29, 0.717) is 37.7 Å². The topological polar surface area (TPSA) is 122 Å². The van der Waals surface area contributed by atoms with Crippen LogP contribution in [-0.4, -0.2) is 63.1 Å². The van der Waals surface area contributed by atoms with Crippen LogP contribution in [-0.2, 0) is 19.6 Å². The lowest BCUT2D eigenvalue weighted by Gasteiger charge is -2.16. The summed E-state index contributed by atoms with van der Waals surface area (Å²) in [4.78, 5) is 24.6. The molecular formula is C17H22N2O7S. The zero-order valence-electron chi connectivity index (χ0n) is 14.7. The van der Waals surface area contributed by atoms with E-state index in [1.165, 1.54) is 17.0 Å². The predicted molar refractivity (Wildman–Crippen MR) is 94.2 cm³/mol. The number of aliphatic carboxylic acids is 1. The molecule has 1 fully saturated rings. The van der Waals surface area contributed by atoms with Gasteiger partial charge in [0.05, 0.1) is 24.0 Å². The number of carboxylic acid groups (broad SMARTS) is 1. The van der Waals surface area contributed by atoms with E-state index in [-0.39, 0.29) is 30.3 Å². The van der Waals surface area contributed by atoms with E-state index in [2.05, 4.69) is 4.72 Å². The van der Waals surface area contributed by atoms with Crippen LogP contribution in [0.1, 0.15) is 19.3 Å². The highest BCUT2D eigenvalue weighted by molar-refractivity contribution is 7.89. The second-order valence-corrected chi connectivity index (χ2v) is 8.24. The second-order valence-electron chi connectivity index (χ2n) is 6.47. The Morgan fingerprint density at radius 3 is 2.67 bits per heavy atom. The van der Waals surface area contributed by atoms with Gasteiger partial charge in [-0.25, -0.2) is 13.1 Å². The fourth-order valence-corrected chi connectivity index (χ4v) is 4.08. The largest absolute Gasteiger partial charge is 0.490 e. The second kappa shape index (κ2) is 8.13. The SMILES string of the molecule is O=C(O)C1CCN(C(=O)CCNS(=O)(=O)c2ccc3c(c2)OCCCO3)C1. The third kappa shape index (κ3) is 4.69. The molecule has 1 atom stereocenters. The number of nitrogens with zero attached hydrogens (tertiary/aromatic N) is 1. The van der Waals surface area contributed by atoms with Crippen molar-refractivity contribution < 1.29 is 32.6 Å². The van der Waals surface area contributed by atoms with Crippen molar-refractivity contribution in [3.8, 4) is 11.5 Å². The standard InChI is InChI=1S/C17H22N2O7S/c20-16(19-7-5-12(11-19)17(21)22)4-6-18-27(23,24)13-2-3-14-15(10-13)26-9-1-8-25-14/h2-3,10,12,18H,1,4-9,11H2,(H,21,22). The number of hydrogen-bond acceptors (Lipinski definition) is 6. The van der Waals surface area contributed by atoms with Crippen molar-refractivity contribution >= 4 is 21.9 Å². The fourth-order valence-electron chi connectivity index (χ4n) is 3.03. The molecule has 0 aromatic heterocycles. The van der Waals surface area contributed by atoms with Gasteiger partial charge in [0, 0.05) is 38.5 Å². The molecule has 1 aromatic carbocycles. The summed E-state index contributed by atoms with van der Waals surface area (Å²) in [6.45, 7) is 1.45. The number of carbonyl (C=O) groups excluding carboxylic acids is 1. The molecule has 2 aliphatic rings. The van der Waals surface area contributed by atoms with Gasteiger partial charge in [-0.2, -0.15) is 0 Å². The molecular weight excluding hydrogens is 376 g/mol. The Labute approximate surface area is 157 Å². The van der Waals surface area contributed by atoms with Crippen molar-refractivity contribution in [2.24, 2.45) is 5.92 Å². The van der Waals surface area contributed by atoms with E-state index in [9.17, 15) is 18.0 Å². The third-order valence-corrected chi connectivity index (χ3v) is 6.01. The molecule has 0 spiro atoms. The highest BCUT2D eigenvalue weighted by atomic mass is 32.2. The molecule has 9 nitrogen and oxygen atoms in total. The number of likely N-dealkylation sites (tertiary alicyclic amines) is 1. The van der Waals surface area contributed by atoms with Gasteiger partial charge in [0.25, 0.3) is 0 Å². The zero-order valence-corrected chi connectivity index (χ0v) is 15.5. The number of carboxylic acids is 1. The van der Waals surface area contributed by atoms with E-state index in [4.69, 9.17) is 14.6 Å². The van der Waals surface area contributed by atoms with Crippen molar-refractivity contribution in [3.05, 3.63) is 18.2 Å². The van der Waals surface area contributed by atoms with Crippen molar-refractivity contribution in [1.82, 2.24) is 9.62 Å². The minimum absolute atomic E-state index is 0.0316. The number of hydrogen-bond donors (Lipinski definition) is 2. The Bertz CT molecular complexity index is 825. The number of benzene rings is 1. The average molecular weight is 398 g/mol. The summed E-state index contributed by atoms with van der Waals surface area (Å²) in [6, 6.07) is 4.38. The minimum atomic E-state index is -3.80. The van der Waals surface area contributed by atoms with E-state index in [0.717, 1.165) is 6.42 Å². The first-order valence-electron chi connectivity index (χ1n) is 8.77. The smallest absolute Gasteiger partial charge is 0.308 e. The molecule has 3 rings (SSSR count). The molecule has 0 saturated carbocycles. The lowest BCUT2D eigenvalue weighted by Crippen LogP contribution is -2.33. The normalized spacial score (nSPS) is 19.6. The van der Waals surface area contributed by atoms with Crippen molar-refractivity contribution in [2.45, 2.75) is 24.2 Å². The van der Waals surface area contributed by atoms with Crippen LogP contribution in [0, 0.1) is 5.92 Å². The molecule has 2 heterocycles. The summed E-state index contributed by atoms with van der Waals surface area (Å²) in [6.07, 6.45) is 1.11. The first kappa shape index (κ1) is 19.4. The summed E-state index contributed by atoms with van der Waals surface area (Å²) in [5.74, 6) is -0.847. The van der Waals surface area contributed by atoms with Crippen molar-refractivity contribution in [3.63, 3.8) is 0 Å². The van der Waals surface area contributed by atoms with Gasteiger partial charge in [-0.05, 0) is 18.6 Å². The van der Waals surface area contributed by atoms with E-state index in [1.54, 1.807) is 6.07 Å². The van der Waals surface area contributed by atoms with Gasteiger partial charge in [0.1, 0.15) is 0 Å². The van der Waals surface area contributed by atoms with Gasteiger partial charge in [-0.1, -0.05) is 0 Å². The highest BCUT2D eigenvalue weighted by Crippen LogP contribution is 2.31. The molecule has 27 heavy (non-hydrogen) atoms. The van der Waals surface area contributed by atoms with Crippen LogP contribution in [0.2, 0.25) is 0 Å². The Morgan fingerprint density at radius 2 is 1.96 bits per heavy atom. The minimum Gasteiger partial charge on any atom is -0.490 e. The van der Waals surface area contributed by atoms with E-state index >= 15 is 0 Å². The number of sulfonamides is 1. The molecule has 2 N–H and O–H groups in total. The fraction of sp³-hybridized carbons (Fsp3) is 0.529. The number of rotatable bonds is 6. The maximum atomic E-state index is 12.4. The number of ether oxygens (including phenoxy) is 2. The molecule has 1 saturated heterocycles. The Hall–Kier alpha value is -2.33. The Balaban J connectivity index is 1.55. The van der Waals surface area contributed by atoms with Crippen LogP contribution in [0.5, 0.6) is 11.5 Å². The molecule has 10 heteroatoms. The molecule has 2 aliphatic heterocycles. The summed E-state index contributed by atoms with van der Waals surface area (Å²) >= 11 is 0. The number of fused-ring (bicyclic) bond motifs is 1. The number of amides is 1. The van der Waals surface area contributed by atoms with Crippen LogP contribution in [0.3, 0.4) is 0 Å². The van der Waals surface area contributed by atoms with Gasteiger partial charge in [0.2, 0.25) is 15.9 Å². The lowest BCUT2D eigenvalue weighted by molar-refractivity contribution is -0.141. The van der Waals surface area contributed by atoms with Crippen LogP contribution < -0.4 is 14.2 Å². The van der Waals surface area contributed by atoms with Gasteiger partial charge in [0.15, 0.2) is 11.5 Å². The average Bonchev–Trinajstić information content (AvgIpc) is 3.01. The van der Waals surface area contributed by atoms with Gasteiger partial charge < -0.3 is 19.5 Å². The maximum absolute atomic E-state index is 12.4. The highest BCUT2D eigenvalue weighted by Gasteiger charge is 2.30. The van der Waals surface area contributed by atoms with Gasteiger partial charge in [-0.3, -0.25) is 9.59 Å². The molecule has 1 aromatic rings. The van der Waals surface area contributed by atoms with Crippen LogP contribution in [0.25, 0.3) is 0 Å². The molecule has 0 bridgehead atoms. The Morgan fingerprint density at radius 1 is 1.22 bits per heavy atom. The van der Waals surface area contributed by atoms with Crippen LogP contribution in [0.15, 0.2) is 23.1 Å². The molecule has 148 valence electrons. The Kier molecular flexibility index (Phi) is 5.85. The predicted octanol–water partition coefficient (Wildman–Crippen LogP) is 0.449. The van der Waals surface area contributed by atoms with Crippen molar-refractivity contribution in [2.75, 3.05) is 32.8 Å². The third-order valence-electron chi connectivity index (χ3n) is 4.55. The first-order valence-corrected chi connectivity index (χ1v) is 10.2. The monoisotopic (exact) mass is 398 g/mol. The molecule has 0 aliphatic carbocycles. The maximum Gasteiger partial charge on any atom is 0.308 e. The number of carbonyl (C=O) groups is 2. The van der Waals surface area contributed by atoms with Gasteiger partial charge in [-0.15, -0.1) is 0 Å². The quantitative estimate of drug-likeness (QED) is 0.713. The summed E-state index contributed by atoms with van der Waals surface area (Å²) < 4.78 is 38.3. The molecule has 1 amide bonds. The zero-order chi connectivity index (χ0) is 19.4. The van der Waals surface area contributed by atoms with E-state index in [1.807, 2.05) is 0 Å². The summed E-state index contributed by atoms with van der Waals surface area (Å²) in [5, 5.41) is 8.97. The number of nitrogens with one attached hydrogen (secondary N) is 1. The van der Waals surface area contributed by atoms with E-state index < -0.39 is 21.9 Å². The summed E-state index contributed by atoms with van der Waals surface area (Å²) in [5.41, 5.74) is 0. The lowest BCUT2D eigenvalue weighted by atomic mass is 10.1. The summed E-state index contributed by atoms with van der Waals surface area (Å²) in [7, 11) is -3.80. The molecule has 0 radical (unpaired) electrons. The van der Waals surface area contributed by atoms with Crippen LogP contribution in [0.4, 0.5) is 0 Å². The van der Waals surface area contributed by atoms with Crippen LogP contribution >= 0.6 is 0 Å².